The fraction of sp³-hybridized carbons (Fsp3) is 0.824. The molecular formula is C17H29F2N5O2. The molecule has 0 spiro atoms. The van der Waals surface area contributed by atoms with Crippen molar-refractivity contribution >= 4 is 17.8 Å². The van der Waals surface area contributed by atoms with E-state index < -0.39 is 6.43 Å². The number of halogens is 2. The summed E-state index contributed by atoms with van der Waals surface area (Å²) < 4.78 is 24.9. The molecule has 2 N–H and O–H groups in total. The molecule has 0 aliphatic carbocycles. The lowest BCUT2D eigenvalue weighted by Gasteiger charge is -2.32. The molecule has 2 amide bonds. The molecule has 2 rings (SSSR count). The summed E-state index contributed by atoms with van der Waals surface area (Å²) in [4.78, 5) is 31.1. The van der Waals surface area contributed by atoms with Crippen LogP contribution in [0.25, 0.3) is 0 Å². The number of rotatable bonds is 7. The maximum Gasteiger partial charge on any atom is 0.251 e. The van der Waals surface area contributed by atoms with Gasteiger partial charge < -0.3 is 10.6 Å². The quantitative estimate of drug-likeness (QED) is 0.392. The summed E-state index contributed by atoms with van der Waals surface area (Å²) >= 11 is 0. The van der Waals surface area contributed by atoms with Gasteiger partial charge in [-0.15, -0.1) is 0 Å². The van der Waals surface area contributed by atoms with Gasteiger partial charge in [-0.3, -0.25) is 24.4 Å². The number of amides is 2. The highest BCUT2D eigenvalue weighted by Gasteiger charge is 2.25. The van der Waals surface area contributed by atoms with E-state index in [9.17, 15) is 18.4 Å². The van der Waals surface area contributed by atoms with Crippen LogP contribution in [0.1, 0.15) is 39.0 Å². The molecule has 0 unspecified atom stereocenters. The maximum absolute atomic E-state index is 12.4. The van der Waals surface area contributed by atoms with Gasteiger partial charge in [-0.1, -0.05) is 0 Å². The third-order valence-electron chi connectivity index (χ3n) is 4.65. The molecule has 2 fully saturated rings. The first-order valence-corrected chi connectivity index (χ1v) is 9.38. The van der Waals surface area contributed by atoms with Crippen molar-refractivity contribution in [3.63, 3.8) is 0 Å². The SMILES string of the molecule is CCNC(=NCCN1C(=O)CCCC1=O)NC1CCN(CC(F)F)CC1. The van der Waals surface area contributed by atoms with Crippen LogP contribution in [-0.4, -0.2) is 79.3 Å². The fourth-order valence-electron chi connectivity index (χ4n) is 3.28. The highest BCUT2D eigenvalue weighted by atomic mass is 19.3. The van der Waals surface area contributed by atoms with Crippen molar-refractivity contribution in [1.82, 2.24) is 20.4 Å². The topological polar surface area (TPSA) is 77.0 Å². The zero-order chi connectivity index (χ0) is 18.9. The van der Waals surface area contributed by atoms with Crippen LogP contribution in [0.15, 0.2) is 4.99 Å². The van der Waals surface area contributed by atoms with E-state index >= 15 is 0 Å². The molecule has 2 aliphatic heterocycles. The maximum atomic E-state index is 12.4. The van der Waals surface area contributed by atoms with Gasteiger partial charge in [0.1, 0.15) is 0 Å². The van der Waals surface area contributed by atoms with Crippen LogP contribution in [0.5, 0.6) is 0 Å². The Kier molecular flexibility index (Phi) is 8.21. The summed E-state index contributed by atoms with van der Waals surface area (Å²) in [5.74, 6) is 0.387. The lowest BCUT2D eigenvalue weighted by Crippen LogP contribution is -2.49. The van der Waals surface area contributed by atoms with E-state index in [1.165, 1.54) is 4.90 Å². The monoisotopic (exact) mass is 373 g/mol. The van der Waals surface area contributed by atoms with Gasteiger partial charge in [-0.2, -0.15) is 0 Å². The summed E-state index contributed by atoms with van der Waals surface area (Å²) in [6.45, 7) is 4.39. The summed E-state index contributed by atoms with van der Waals surface area (Å²) in [6.07, 6.45) is 0.737. The van der Waals surface area contributed by atoms with Crippen LogP contribution < -0.4 is 10.6 Å². The average Bonchev–Trinajstić information content (AvgIpc) is 2.59. The van der Waals surface area contributed by atoms with Crippen molar-refractivity contribution < 1.29 is 18.4 Å². The smallest absolute Gasteiger partial charge is 0.251 e. The Morgan fingerprint density at radius 1 is 1.23 bits per heavy atom. The molecule has 148 valence electrons. The zero-order valence-electron chi connectivity index (χ0n) is 15.3. The Morgan fingerprint density at radius 2 is 1.88 bits per heavy atom. The number of hydrogen-bond donors (Lipinski definition) is 2. The van der Waals surface area contributed by atoms with E-state index in [2.05, 4.69) is 15.6 Å². The van der Waals surface area contributed by atoms with Crippen molar-refractivity contribution in [2.75, 3.05) is 39.3 Å². The second-order valence-corrected chi connectivity index (χ2v) is 6.66. The molecular weight excluding hydrogens is 344 g/mol. The minimum atomic E-state index is -2.29. The first kappa shape index (κ1) is 20.5. The number of hydrogen-bond acceptors (Lipinski definition) is 4. The predicted molar refractivity (Wildman–Crippen MR) is 95.2 cm³/mol. The Balaban J connectivity index is 1.79. The van der Waals surface area contributed by atoms with Crippen LogP contribution in [0.3, 0.4) is 0 Å². The van der Waals surface area contributed by atoms with E-state index in [4.69, 9.17) is 0 Å². The molecule has 0 saturated carbocycles. The molecule has 0 aromatic rings. The van der Waals surface area contributed by atoms with E-state index in [0.717, 1.165) is 12.8 Å². The Labute approximate surface area is 153 Å². The van der Waals surface area contributed by atoms with Crippen molar-refractivity contribution in [3.05, 3.63) is 0 Å². The fourth-order valence-corrected chi connectivity index (χ4v) is 3.28. The van der Waals surface area contributed by atoms with Gasteiger partial charge >= 0.3 is 0 Å². The van der Waals surface area contributed by atoms with Crippen molar-refractivity contribution in [2.24, 2.45) is 4.99 Å². The highest BCUT2D eigenvalue weighted by Crippen LogP contribution is 2.13. The Hall–Kier alpha value is -1.77. The van der Waals surface area contributed by atoms with Crippen molar-refractivity contribution in [1.29, 1.82) is 0 Å². The number of likely N-dealkylation sites (tertiary alicyclic amines) is 2. The number of imide groups is 1. The summed E-state index contributed by atoms with van der Waals surface area (Å²) in [5.41, 5.74) is 0. The number of piperidine rings is 2. The second-order valence-electron chi connectivity index (χ2n) is 6.66. The normalized spacial score (nSPS) is 20.8. The number of alkyl halides is 2. The first-order chi connectivity index (χ1) is 12.5. The highest BCUT2D eigenvalue weighted by molar-refractivity contribution is 5.97. The van der Waals surface area contributed by atoms with E-state index in [1.807, 2.05) is 6.92 Å². The average molecular weight is 373 g/mol. The van der Waals surface area contributed by atoms with Gasteiger partial charge in [0.05, 0.1) is 13.1 Å². The minimum Gasteiger partial charge on any atom is -0.357 e. The van der Waals surface area contributed by atoms with Gasteiger partial charge in [-0.25, -0.2) is 8.78 Å². The van der Waals surface area contributed by atoms with Crippen LogP contribution >= 0.6 is 0 Å². The van der Waals surface area contributed by atoms with Crippen LogP contribution in [-0.2, 0) is 9.59 Å². The third kappa shape index (κ3) is 6.51. The molecule has 7 nitrogen and oxygen atoms in total. The molecule has 2 heterocycles. The Morgan fingerprint density at radius 3 is 2.46 bits per heavy atom. The molecule has 2 aliphatic rings. The molecule has 2 saturated heterocycles. The molecule has 0 bridgehead atoms. The largest absolute Gasteiger partial charge is 0.357 e. The third-order valence-corrected chi connectivity index (χ3v) is 4.65. The van der Waals surface area contributed by atoms with E-state index in [1.54, 1.807) is 4.90 Å². The molecule has 0 radical (unpaired) electrons. The second kappa shape index (κ2) is 10.4. The summed E-state index contributed by atoms with van der Waals surface area (Å²) in [5, 5.41) is 6.48. The summed E-state index contributed by atoms with van der Waals surface area (Å²) in [6, 6.07) is 0.181. The Bertz CT molecular complexity index is 491. The summed E-state index contributed by atoms with van der Waals surface area (Å²) in [7, 11) is 0. The van der Waals surface area contributed by atoms with Crippen molar-refractivity contribution in [2.45, 2.75) is 51.5 Å². The zero-order valence-corrected chi connectivity index (χ0v) is 15.3. The van der Waals surface area contributed by atoms with Gasteiger partial charge in [0.25, 0.3) is 6.43 Å². The van der Waals surface area contributed by atoms with Crippen LogP contribution in [0, 0.1) is 0 Å². The number of carbonyl (C=O) groups is 2. The molecule has 0 aromatic carbocycles. The molecule has 26 heavy (non-hydrogen) atoms. The number of guanidine groups is 1. The molecule has 0 aromatic heterocycles. The van der Waals surface area contributed by atoms with Crippen LogP contribution in [0.2, 0.25) is 0 Å². The lowest BCUT2D eigenvalue weighted by atomic mass is 10.1. The van der Waals surface area contributed by atoms with E-state index in [-0.39, 0.29) is 24.4 Å². The number of nitrogens with one attached hydrogen (secondary N) is 2. The molecule has 9 heteroatoms. The predicted octanol–water partition coefficient (Wildman–Crippen LogP) is 0.810. The van der Waals surface area contributed by atoms with Gasteiger partial charge in [0, 0.05) is 45.1 Å². The first-order valence-electron chi connectivity index (χ1n) is 9.38. The van der Waals surface area contributed by atoms with Gasteiger partial charge in [0.2, 0.25) is 11.8 Å². The van der Waals surface area contributed by atoms with E-state index in [0.29, 0.717) is 57.9 Å². The van der Waals surface area contributed by atoms with Gasteiger partial charge in [-0.05, 0) is 26.2 Å². The number of nitrogens with zero attached hydrogens (tertiary/aromatic N) is 3. The minimum absolute atomic E-state index is 0.124. The van der Waals surface area contributed by atoms with Crippen LogP contribution in [0.4, 0.5) is 8.78 Å². The number of aliphatic imine (C=N–C) groups is 1. The standard InChI is InChI=1S/C17H29F2N5O2/c1-2-20-17(21-8-11-24-15(25)4-3-5-16(24)26)22-13-6-9-23(10-7-13)12-14(18)19/h13-14H,2-12H2,1H3,(H2,20,21,22). The van der Waals surface area contributed by atoms with Crippen molar-refractivity contribution in [3.8, 4) is 0 Å². The lowest BCUT2D eigenvalue weighted by molar-refractivity contribution is -0.147. The molecule has 0 atom stereocenters. The van der Waals surface area contributed by atoms with Gasteiger partial charge in [0.15, 0.2) is 5.96 Å². The number of carbonyl (C=O) groups excluding carboxylic acids is 2.